The summed E-state index contributed by atoms with van der Waals surface area (Å²) in [4.78, 5) is 18.0. The second kappa shape index (κ2) is 7.04. The maximum Gasteiger partial charge on any atom is 0.417 e. The van der Waals surface area contributed by atoms with Crippen LogP contribution in [0, 0.1) is 5.41 Å². The number of primary amides is 1. The van der Waals surface area contributed by atoms with Gasteiger partial charge in [-0.05, 0) is 42.4 Å². The minimum atomic E-state index is -4.44. The number of halogens is 3. The molecule has 0 spiro atoms. The van der Waals surface area contributed by atoms with Gasteiger partial charge < -0.3 is 10.6 Å². The first-order valence-electron chi connectivity index (χ1n) is 9.84. The van der Waals surface area contributed by atoms with E-state index in [0.717, 1.165) is 17.8 Å². The van der Waals surface area contributed by atoms with Crippen molar-refractivity contribution in [2.75, 3.05) is 18.0 Å². The van der Waals surface area contributed by atoms with Crippen LogP contribution in [0.4, 0.5) is 18.9 Å². The highest BCUT2D eigenvalue weighted by Crippen LogP contribution is 2.46. The molecule has 154 valence electrons. The normalized spacial score (nSPS) is 23.2. The van der Waals surface area contributed by atoms with Gasteiger partial charge in [-0.15, -0.1) is 0 Å². The Balaban J connectivity index is 1.58. The molecular weight excluding hydrogens is 379 g/mol. The van der Waals surface area contributed by atoms with Crippen molar-refractivity contribution in [2.45, 2.75) is 44.2 Å². The van der Waals surface area contributed by atoms with E-state index in [1.54, 1.807) is 0 Å². The lowest BCUT2D eigenvalue weighted by Gasteiger charge is -2.33. The fourth-order valence-corrected chi connectivity index (χ4v) is 4.48. The van der Waals surface area contributed by atoms with Crippen LogP contribution < -0.4 is 10.6 Å². The van der Waals surface area contributed by atoms with E-state index in [1.165, 1.54) is 24.6 Å². The number of benzene rings is 1. The standard InChI is InChI=1S/C22H24F3N3O/c1-21(19(20(26)29)16-6-4-15(5-7-16)14-2-3-14)8-9-28(13-21)18-10-17(11-27-12-18)22(23,24)25/h4-7,10-12,14,19H,2-3,8-9,13H2,1H3,(H2,26,29). The zero-order valence-corrected chi connectivity index (χ0v) is 16.2. The van der Waals surface area contributed by atoms with Gasteiger partial charge in [0.1, 0.15) is 0 Å². The lowest BCUT2D eigenvalue weighted by Crippen LogP contribution is -2.38. The summed E-state index contributed by atoms with van der Waals surface area (Å²) in [5.74, 6) is -0.280. The summed E-state index contributed by atoms with van der Waals surface area (Å²) in [5.41, 5.74) is 7.11. The van der Waals surface area contributed by atoms with Crippen LogP contribution in [-0.2, 0) is 11.0 Å². The van der Waals surface area contributed by atoms with Crippen LogP contribution in [0.3, 0.4) is 0 Å². The number of alkyl halides is 3. The number of hydrogen-bond donors (Lipinski definition) is 1. The van der Waals surface area contributed by atoms with Crippen LogP contribution in [0.5, 0.6) is 0 Å². The molecule has 7 heteroatoms. The molecule has 1 aliphatic carbocycles. The average molecular weight is 403 g/mol. The molecule has 2 aliphatic rings. The van der Waals surface area contributed by atoms with Gasteiger partial charge in [-0.1, -0.05) is 31.2 Å². The van der Waals surface area contributed by atoms with E-state index in [4.69, 9.17) is 5.73 Å². The van der Waals surface area contributed by atoms with E-state index in [-0.39, 0.29) is 0 Å². The molecule has 2 N–H and O–H groups in total. The highest BCUT2D eigenvalue weighted by molar-refractivity contribution is 5.83. The number of carbonyl (C=O) groups excluding carboxylic acids is 1. The Bertz CT molecular complexity index is 908. The summed E-state index contributed by atoms with van der Waals surface area (Å²) in [6.07, 6.45) is 0.885. The zero-order chi connectivity index (χ0) is 20.8. The van der Waals surface area contributed by atoms with Gasteiger partial charge in [-0.25, -0.2) is 0 Å². The molecule has 4 nitrogen and oxygen atoms in total. The molecule has 1 amide bonds. The third-order valence-corrected chi connectivity index (χ3v) is 6.22. The molecule has 0 radical (unpaired) electrons. The fourth-order valence-electron chi connectivity index (χ4n) is 4.48. The van der Waals surface area contributed by atoms with E-state index in [1.807, 2.05) is 24.0 Å². The largest absolute Gasteiger partial charge is 0.417 e. The minimum Gasteiger partial charge on any atom is -0.370 e. The third-order valence-electron chi connectivity index (χ3n) is 6.22. The number of anilines is 1. The maximum atomic E-state index is 13.0. The van der Waals surface area contributed by atoms with Crippen molar-refractivity contribution in [3.05, 3.63) is 59.4 Å². The molecule has 0 bridgehead atoms. The van der Waals surface area contributed by atoms with Crippen molar-refractivity contribution in [3.63, 3.8) is 0 Å². The van der Waals surface area contributed by atoms with Crippen LogP contribution in [0.25, 0.3) is 0 Å². The SMILES string of the molecule is CC1(C(C(N)=O)c2ccc(C3CC3)cc2)CCN(c2cncc(C(F)(F)F)c2)C1. The smallest absolute Gasteiger partial charge is 0.370 e. The van der Waals surface area contributed by atoms with Crippen molar-refractivity contribution >= 4 is 11.6 Å². The fraction of sp³-hybridized carbons (Fsp3) is 0.455. The molecule has 29 heavy (non-hydrogen) atoms. The third kappa shape index (κ3) is 3.95. The van der Waals surface area contributed by atoms with Gasteiger partial charge in [0.25, 0.3) is 0 Å². The van der Waals surface area contributed by atoms with Gasteiger partial charge in [-0.3, -0.25) is 9.78 Å². The molecule has 1 aromatic heterocycles. The van der Waals surface area contributed by atoms with E-state index in [9.17, 15) is 18.0 Å². The average Bonchev–Trinajstić information content (AvgIpc) is 3.44. The maximum absolute atomic E-state index is 13.0. The predicted molar refractivity (Wildman–Crippen MR) is 105 cm³/mol. The minimum absolute atomic E-state index is 0.407. The quantitative estimate of drug-likeness (QED) is 0.802. The summed E-state index contributed by atoms with van der Waals surface area (Å²) in [6.45, 7) is 2.97. The summed E-state index contributed by atoms with van der Waals surface area (Å²) in [5, 5.41) is 0. The Morgan fingerprint density at radius 2 is 1.93 bits per heavy atom. The van der Waals surface area contributed by atoms with Crippen LogP contribution in [-0.4, -0.2) is 24.0 Å². The Kier molecular flexibility index (Phi) is 4.79. The Morgan fingerprint density at radius 3 is 2.52 bits per heavy atom. The number of hydrogen-bond acceptors (Lipinski definition) is 3. The Labute approximate surface area is 167 Å². The summed E-state index contributed by atoms with van der Waals surface area (Å²) < 4.78 is 39.1. The molecule has 2 fully saturated rings. The molecule has 1 saturated carbocycles. The topological polar surface area (TPSA) is 59.2 Å². The van der Waals surface area contributed by atoms with Gasteiger partial charge in [0, 0.05) is 24.7 Å². The monoisotopic (exact) mass is 403 g/mol. The summed E-state index contributed by atoms with van der Waals surface area (Å²) in [6, 6.07) is 9.19. The van der Waals surface area contributed by atoms with Crippen LogP contribution in [0.15, 0.2) is 42.7 Å². The van der Waals surface area contributed by atoms with Crippen LogP contribution in [0.2, 0.25) is 0 Å². The molecular formula is C22H24F3N3O. The number of rotatable bonds is 5. The molecule has 1 saturated heterocycles. The first-order chi connectivity index (χ1) is 13.7. The lowest BCUT2D eigenvalue weighted by molar-refractivity contribution is -0.137. The summed E-state index contributed by atoms with van der Waals surface area (Å²) in [7, 11) is 0. The molecule has 4 rings (SSSR count). The van der Waals surface area contributed by atoms with Gasteiger partial charge >= 0.3 is 6.18 Å². The van der Waals surface area contributed by atoms with Gasteiger partial charge in [0.2, 0.25) is 5.91 Å². The molecule has 2 aromatic rings. The number of pyridine rings is 1. The van der Waals surface area contributed by atoms with Crippen molar-refractivity contribution < 1.29 is 18.0 Å². The van der Waals surface area contributed by atoms with Crippen LogP contribution >= 0.6 is 0 Å². The second-order valence-corrected chi connectivity index (χ2v) is 8.53. The lowest BCUT2D eigenvalue weighted by atomic mass is 9.72. The van der Waals surface area contributed by atoms with Gasteiger partial charge in [0.05, 0.1) is 23.4 Å². The highest BCUT2D eigenvalue weighted by Gasteiger charge is 2.44. The van der Waals surface area contributed by atoms with E-state index >= 15 is 0 Å². The molecule has 1 aromatic carbocycles. The number of aromatic nitrogens is 1. The number of amides is 1. The van der Waals surface area contributed by atoms with E-state index in [0.29, 0.717) is 31.1 Å². The molecule has 1 aliphatic heterocycles. The van der Waals surface area contributed by atoms with E-state index in [2.05, 4.69) is 17.1 Å². The number of nitrogens with zero attached hydrogens (tertiary/aromatic N) is 2. The second-order valence-electron chi connectivity index (χ2n) is 8.53. The van der Waals surface area contributed by atoms with Crippen molar-refractivity contribution in [1.82, 2.24) is 4.98 Å². The van der Waals surface area contributed by atoms with Gasteiger partial charge in [-0.2, -0.15) is 13.2 Å². The van der Waals surface area contributed by atoms with Crippen LogP contribution in [0.1, 0.15) is 54.7 Å². The van der Waals surface area contributed by atoms with Crippen molar-refractivity contribution in [3.8, 4) is 0 Å². The van der Waals surface area contributed by atoms with Gasteiger partial charge in [0.15, 0.2) is 0 Å². The molecule has 2 unspecified atom stereocenters. The predicted octanol–water partition coefficient (Wildman–Crippen LogP) is 4.46. The Hall–Kier alpha value is -2.57. The van der Waals surface area contributed by atoms with Crippen molar-refractivity contribution in [2.24, 2.45) is 11.1 Å². The molecule has 2 atom stereocenters. The first kappa shape index (κ1) is 19.7. The Morgan fingerprint density at radius 1 is 1.24 bits per heavy atom. The highest BCUT2D eigenvalue weighted by atomic mass is 19.4. The zero-order valence-electron chi connectivity index (χ0n) is 16.2. The van der Waals surface area contributed by atoms with E-state index < -0.39 is 29.0 Å². The molecule has 2 heterocycles. The summed E-state index contributed by atoms with van der Waals surface area (Å²) >= 11 is 0. The number of nitrogens with two attached hydrogens (primary N) is 1. The number of carbonyl (C=O) groups is 1. The first-order valence-corrected chi connectivity index (χ1v) is 9.84. The van der Waals surface area contributed by atoms with Crippen molar-refractivity contribution in [1.29, 1.82) is 0 Å².